The summed E-state index contributed by atoms with van der Waals surface area (Å²) in [5.74, 6) is 1.86. The van der Waals surface area contributed by atoms with Crippen molar-refractivity contribution in [2.24, 2.45) is 0 Å². The van der Waals surface area contributed by atoms with Crippen LogP contribution < -0.4 is 10.1 Å². The number of rotatable bonds is 7. The Morgan fingerprint density at radius 3 is 2.57 bits per heavy atom. The molecule has 2 rings (SSSR count). The molecule has 1 N–H and O–H groups in total. The van der Waals surface area contributed by atoms with E-state index in [1.165, 1.54) is 5.56 Å². The molecule has 1 atom stereocenters. The van der Waals surface area contributed by atoms with Crippen molar-refractivity contribution in [1.82, 2.24) is 5.32 Å². The van der Waals surface area contributed by atoms with Gasteiger partial charge in [0.05, 0.1) is 22.3 Å². The summed E-state index contributed by atoms with van der Waals surface area (Å²) < 4.78 is 12.6. The van der Waals surface area contributed by atoms with Crippen molar-refractivity contribution in [3.63, 3.8) is 0 Å². The van der Waals surface area contributed by atoms with Crippen LogP contribution in [-0.4, -0.2) is 13.2 Å². The second-order valence-corrected chi connectivity index (χ2v) is 6.70. The molecular weight excluding hydrogens is 398 g/mol. The van der Waals surface area contributed by atoms with Crippen LogP contribution in [0.4, 0.5) is 0 Å². The highest BCUT2D eigenvalue weighted by atomic mass is 79.9. The van der Waals surface area contributed by atoms with Gasteiger partial charge in [0.15, 0.2) is 0 Å². The molecule has 0 fully saturated rings. The third-order valence-corrected chi connectivity index (χ3v) is 4.50. The van der Waals surface area contributed by atoms with Crippen molar-refractivity contribution < 1.29 is 9.15 Å². The standard InChI is InChI=1S/C16H19Br2NO2/c1-11(5-6-13-4-3-7-21-13)19-10-12-8-14(17)16(20-2)15(18)9-12/h3-4,7-9,11,19H,5-6,10H2,1-2H3. The van der Waals surface area contributed by atoms with Crippen LogP contribution >= 0.6 is 31.9 Å². The zero-order valence-corrected chi connectivity index (χ0v) is 15.3. The summed E-state index contributed by atoms with van der Waals surface area (Å²) in [6.45, 7) is 3.01. The molecule has 0 aliphatic heterocycles. The first kappa shape index (κ1) is 16.6. The number of methoxy groups -OCH3 is 1. The highest BCUT2D eigenvalue weighted by molar-refractivity contribution is 9.11. The molecule has 3 nitrogen and oxygen atoms in total. The van der Waals surface area contributed by atoms with Crippen LogP contribution in [0.5, 0.6) is 5.75 Å². The van der Waals surface area contributed by atoms with Gasteiger partial charge in [-0.25, -0.2) is 0 Å². The minimum atomic E-state index is 0.426. The molecule has 1 unspecified atom stereocenters. The van der Waals surface area contributed by atoms with Gasteiger partial charge in [-0.2, -0.15) is 0 Å². The Morgan fingerprint density at radius 2 is 2.00 bits per heavy atom. The minimum absolute atomic E-state index is 0.426. The van der Waals surface area contributed by atoms with E-state index < -0.39 is 0 Å². The first-order valence-corrected chi connectivity index (χ1v) is 8.46. The lowest BCUT2D eigenvalue weighted by Gasteiger charge is -2.14. The number of furan rings is 1. The molecule has 0 aliphatic carbocycles. The summed E-state index contributed by atoms with van der Waals surface area (Å²) in [5.41, 5.74) is 1.21. The number of ether oxygens (including phenoxy) is 1. The Kier molecular flexibility index (Phi) is 6.33. The average Bonchev–Trinajstić information content (AvgIpc) is 2.96. The molecule has 2 aromatic rings. The molecule has 0 amide bonds. The zero-order valence-electron chi connectivity index (χ0n) is 12.2. The molecule has 0 aliphatic rings. The molecular formula is C16H19Br2NO2. The highest BCUT2D eigenvalue weighted by Gasteiger charge is 2.09. The SMILES string of the molecule is COc1c(Br)cc(CNC(C)CCc2ccco2)cc1Br. The molecule has 0 spiro atoms. The fourth-order valence-electron chi connectivity index (χ4n) is 2.12. The van der Waals surface area contributed by atoms with E-state index >= 15 is 0 Å². The molecule has 114 valence electrons. The number of aryl methyl sites for hydroxylation is 1. The Hall–Kier alpha value is -0.780. The molecule has 0 saturated heterocycles. The first-order chi connectivity index (χ1) is 10.1. The molecule has 0 bridgehead atoms. The number of halogens is 2. The first-order valence-electron chi connectivity index (χ1n) is 6.88. The lowest BCUT2D eigenvalue weighted by Crippen LogP contribution is -2.25. The molecule has 1 aromatic carbocycles. The van der Waals surface area contributed by atoms with E-state index in [-0.39, 0.29) is 0 Å². The van der Waals surface area contributed by atoms with Crippen LogP contribution in [0.1, 0.15) is 24.7 Å². The van der Waals surface area contributed by atoms with Crippen molar-refractivity contribution in [2.75, 3.05) is 7.11 Å². The Labute approximate surface area is 142 Å². The maximum atomic E-state index is 5.35. The van der Waals surface area contributed by atoms with Gasteiger partial charge in [0.2, 0.25) is 0 Å². The number of hydrogen-bond donors (Lipinski definition) is 1. The van der Waals surface area contributed by atoms with Crippen molar-refractivity contribution in [3.05, 3.63) is 50.8 Å². The Balaban J connectivity index is 1.85. The summed E-state index contributed by atoms with van der Waals surface area (Å²) in [7, 11) is 1.67. The average molecular weight is 417 g/mol. The van der Waals surface area contributed by atoms with Gasteiger partial charge in [0, 0.05) is 19.0 Å². The summed E-state index contributed by atoms with van der Waals surface area (Å²) in [6, 6.07) is 8.53. The van der Waals surface area contributed by atoms with Gasteiger partial charge >= 0.3 is 0 Å². The molecule has 21 heavy (non-hydrogen) atoms. The van der Waals surface area contributed by atoms with Crippen LogP contribution in [0, 0.1) is 0 Å². The second-order valence-electron chi connectivity index (χ2n) is 4.99. The third kappa shape index (κ3) is 4.87. The minimum Gasteiger partial charge on any atom is -0.494 e. The maximum absolute atomic E-state index is 5.35. The quantitative estimate of drug-likeness (QED) is 0.695. The van der Waals surface area contributed by atoms with Gasteiger partial charge in [-0.1, -0.05) is 0 Å². The van der Waals surface area contributed by atoms with E-state index in [2.05, 4.69) is 56.2 Å². The van der Waals surface area contributed by atoms with Crippen LogP contribution in [-0.2, 0) is 13.0 Å². The van der Waals surface area contributed by atoms with Gasteiger partial charge < -0.3 is 14.5 Å². The van der Waals surface area contributed by atoms with E-state index in [9.17, 15) is 0 Å². The molecule has 5 heteroatoms. The van der Waals surface area contributed by atoms with E-state index in [1.807, 2.05) is 12.1 Å². The zero-order chi connectivity index (χ0) is 15.2. The maximum Gasteiger partial charge on any atom is 0.147 e. The Bertz CT molecular complexity index is 547. The summed E-state index contributed by atoms with van der Waals surface area (Å²) in [4.78, 5) is 0. The molecule has 1 aromatic heterocycles. The van der Waals surface area contributed by atoms with E-state index in [4.69, 9.17) is 9.15 Å². The Morgan fingerprint density at radius 1 is 1.29 bits per heavy atom. The lowest BCUT2D eigenvalue weighted by atomic mass is 10.1. The number of hydrogen-bond acceptors (Lipinski definition) is 3. The molecule has 1 heterocycles. The van der Waals surface area contributed by atoms with Crippen LogP contribution in [0.25, 0.3) is 0 Å². The largest absolute Gasteiger partial charge is 0.494 e. The predicted molar refractivity (Wildman–Crippen MR) is 91.7 cm³/mol. The fraction of sp³-hybridized carbons (Fsp3) is 0.375. The van der Waals surface area contributed by atoms with Gasteiger partial charge in [-0.05, 0) is 75.0 Å². The summed E-state index contributed by atoms with van der Waals surface area (Å²) >= 11 is 7.05. The van der Waals surface area contributed by atoms with E-state index in [1.54, 1.807) is 13.4 Å². The van der Waals surface area contributed by atoms with E-state index in [0.717, 1.165) is 39.8 Å². The topological polar surface area (TPSA) is 34.4 Å². The van der Waals surface area contributed by atoms with Crippen molar-refractivity contribution >= 4 is 31.9 Å². The normalized spacial score (nSPS) is 12.4. The summed E-state index contributed by atoms with van der Waals surface area (Å²) in [5, 5.41) is 3.53. The van der Waals surface area contributed by atoms with Gasteiger partial charge in [-0.3, -0.25) is 0 Å². The van der Waals surface area contributed by atoms with Crippen LogP contribution in [0.15, 0.2) is 43.9 Å². The third-order valence-electron chi connectivity index (χ3n) is 3.32. The van der Waals surface area contributed by atoms with Crippen LogP contribution in [0.2, 0.25) is 0 Å². The van der Waals surface area contributed by atoms with Crippen molar-refractivity contribution in [1.29, 1.82) is 0 Å². The molecule has 0 saturated carbocycles. The summed E-state index contributed by atoms with van der Waals surface area (Å²) in [6.07, 6.45) is 3.73. The molecule has 0 radical (unpaired) electrons. The lowest BCUT2D eigenvalue weighted by molar-refractivity contribution is 0.409. The van der Waals surface area contributed by atoms with Gasteiger partial charge in [0.1, 0.15) is 11.5 Å². The van der Waals surface area contributed by atoms with Crippen LogP contribution in [0.3, 0.4) is 0 Å². The predicted octanol–water partition coefficient (Wildman–Crippen LogP) is 4.92. The van der Waals surface area contributed by atoms with Crippen molar-refractivity contribution in [3.8, 4) is 5.75 Å². The van der Waals surface area contributed by atoms with E-state index in [0.29, 0.717) is 6.04 Å². The van der Waals surface area contributed by atoms with Gasteiger partial charge in [-0.15, -0.1) is 0 Å². The fourth-order valence-corrected chi connectivity index (χ4v) is 3.72. The monoisotopic (exact) mass is 415 g/mol. The van der Waals surface area contributed by atoms with Crippen molar-refractivity contribution in [2.45, 2.75) is 32.4 Å². The smallest absolute Gasteiger partial charge is 0.147 e. The second kappa shape index (κ2) is 8.01. The number of nitrogens with one attached hydrogen (secondary N) is 1. The number of benzene rings is 1. The van der Waals surface area contributed by atoms with Gasteiger partial charge in [0.25, 0.3) is 0 Å². The highest BCUT2D eigenvalue weighted by Crippen LogP contribution is 2.34.